The molecular weight excluding hydrogens is 447 g/mol. The van der Waals surface area contributed by atoms with Crippen LogP contribution < -0.4 is 15.0 Å². The van der Waals surface area contributed by atoms with Crippen molar-refractivity contribution in [2.45, 2.75) is 19.9 Å². The molecule has 7 nitrogen and oxygen atoms in total. The molecule has 0 aliphatic carbocycles. The van der Waals surface area contributed by atoms with Crippen molar-refractivity contribution in [3.63, 3.8) is 0 Å². The lowest BCUT2D eigenvalue weighted by Gasteiger charge is -2.35. The van der Waals surface area contributed by atoms with E-state index in [9.17, 15) is 9.18 Å². The summed E-state index contributed by atoms with van der Waals surface area (Å²) in [6.07, 6.45) is 0. The molecule has 0 saturated heterocycles. The lowest BCUT2D eigenvalue weighted by molar-refractivity contribution is 0.244. The van der Waals surface area contributed by atoms with E-state index in [1.54, 1.807) is 30.2 Å². The van der Waals surface area contributed by atoms with Gasteiger partial charge >= 0.3 is 6.03 Å². The molecule has 2 amide bonds. The van der Waals surface area contributed by atoms with Gasteiger partial charge in [-0.1, -0.05) is 41.1 Å². The number of benzene rings is 3. The van der Waals surface area contributed by atoms with E-state index in [1.807, 2.05) is 56.3 Å². The molecule has 3 aromatic carbocycles. The van der Waals surface area contributed by atoms with Gasteiger partial charge in [-0.2, -0.15) is 4.98 Å². The Kier molecular flexibility index (Phi) is 5.78. The van der Waals surface area contributed by atoms with Crippen LogP contribution in [-0.2, 0) is 0 Å². The Bertz CT molecular complexity index is 1410. The summed E-state index contributed by atoms with van der Waals surface area (Å²) in [6.45, 7) is 3.85. The highest BCUT2D eigenvalue weighted by Crippen LogP contribution is 2.39. The maximum atomic E-state index is 13.4. The first-order valence-electron chi connectivity index (χ1n) is 11.1. The lowest BCUT2D eigenvalue weighted by Crippen LogP contribution is -2.46. The van der Waals surface area contributed by atoms with Crippen molar-refractivity contribution in [2.75, 3.05) is 12.0 Å². The second-order valence-corrected chi connectivity index (χ2v) is 8.26. The Labute approximate surface area is 201 Å². The number of aryl methyl sites for hydroxylation is 1. The molecule has 1 aromatic heterocycles. The fraction of sp³-hybridized carbons (Fsp3) is 0.148. The fourth-order valence-electron chi connectivity index (χ4n) is 4.14. The van der Waals surface area contributed by atoms with Crippen LogP contribution in [0.15, 0.2) is 83.0 Å². The summed E-state index contributed by atoms with van der Waals surface area (Å²) in [5, 5.41) is 7.20. The maximum Gasteiger partial charge on any atom is 0.327 e. The monoisotopic (exact) mass is 470 g/mol. The van der Waals surface area contributed by atoms with Crippen LogP contribution >= 0.6 is 0 Å². The first kappa shape index (κ1) is 22.3. The van der Waals surface area contributed by atoms with E-state index >= 15 is 0 Å². The number of anilines is 1. The van der Waals surface area contributed by atoms with Crippen molar-refractivity contribution < 1.29 is 18.4 Å². The van der Waals surface area contributed by atoms with Crippen LogP contribution in [0.2, 0.25) is 0 Å². The molecule has 1 aliphatic rings. The van der Waals surface area contributed by atoms with Crippen LogP contribution in [0.4, 0.5) is 14.9 Å². The van der Waals surface area contributed by atoms with E-state index in [0.29, 0.717) is 34.1 Å². The van der Waals surface area contributed by atoms with Crippen molar-refractivity contribution in [3.8, 4) is 17.1 Å². The van der Waals surface area contributed by atoms with Crippen molar-refractivity contribution in [3.05, 3.63) is 101 Å². The van der Waals surface area contributed by atoms with E-state index in [4.69, 9.17) is 9.26 Å². The number of methoxy groups -OCH3 is 1. The molecule has 4 aromatic rings. The quantitative estimate of drug-likeness (QED) is 0.393. The van der Waals surface area contributed by atoms with Gasteiger partial charge in [0.2, 0.25) is 5.82 Å². The smallest absolute Gasteiger partial charge is 0.327 e. The van der Waals surface area contributed by atoms with Gasteiger partial charge in [-0.3, -0.25) is 4.90 Å². The number of nitrogens with zero attached hydrogens (tertiary/aromatic N) is 3. The molecule has 1 aliphatic heterocycles. The molecule has 0 radical (unpaired) electrons. The highest BCUT2D eigenvalue weighted by molar-refractivity contribution is 6.01. The summed E-state index contributed by atoms with van der Waals surface area (Å²) < 4.78 is 24.4. The van der Waals surface area contributed by atoms with E-state index < -0.39 is 6.04 Å². The first-order chi connectivity index (χ1) is 16.9. The van der Waals surface area contributed by atoms with Crippen LogP contribution in [0.25, 0.3) is 17.0 Å². The Morgan fingerprint density at radius 2 is 1.77 bits per heavy atom. The summed E-state index contributed by atoms with van der Waals surface area (Å²) in [5.41, 5.74) is 4.55. The van der Waals surface area contributed by atoms with Gasteiger partial charge in [0.15, 0.2) is 0 Å². The highest BCUT2D eigenvalue weighted by atomic mass is 19.1. The zero-order valence-electron chi connectivity index (χ0n) is 19.4. The minimum absolute atomic E-state index is 0.264. The van der Waals surface area contributed by atoms with Crippen molar-refractivity contribution in [1.29, 1.82) is 0 Å². The molecule has 1 unspecified atom stereocenters. The summed E-state index contributed by atoms with van der Waals surface area (Å²) in [6, 6.07) is 20.2. The fourth-order valence-corrected chi connectivity index (χ4v) is 4.14. The number of allylic oxidation sites excluding steroid dienone is 1. The molecule has 1 atom stereocenters. The van der Waals surface area contributed by atoms with Gasteiger partial charge in [0, 0.05) is 17.3 Å². The molecular formula is C27H23FN4O3. The van der Waals surface area contributed by atoms with Crippen LogP contribution in [-0.4, -0.2) is 23.3 Å². The summed E-state index contributed by atoms with van der Waals surface area (Å²) in [5.74, 6) is 0.870. The van der Waals surface area contributed by atoms with Crippen LogP contribution in [0.1, 0.15) is 30.0 Å². The summed E-state index contributed by atoms with van der Waals surface area (Å²) >= 11 is 0. The third-order valence-corrected chi connectivity index (χ3v) is 5.97. The number of hydrogen-bond acceptors (Lipinski definition) is 5. The Morgan fingerprint density at radius 1 is 1.03 bits per heavy atom. The number of ether oxygens (including phenoxy) is 1. The third kappa shape index (κ3) is 4.26. The van der Waals surface area contributed by atoms with Crippen molar-refractivity contribution in [2.24, 2.45) is 0 Å². The van der Waals surface area contributed by atoms with Crippen LogP contribution in [0.3, 0.4) is 0 Å². The number of carbonyl (C=O) groups is 1. The second kappa shape index (κ2) is 9.06. The average Bonchev–Trinajstić information content (AvgIpc) is 3.34. The van der Waals surface area contributed by atoms with E-state index in [1.165, 1.54) is 12.1 Å². The topological polar surface area (TPSA) is 80.5 Å². The number of rotatable bonds is 5. The predicted octanol–water partition coefficient (Wildman–Crippen LogP) is 5.89. The van der Waals surface area contributed by atoms with Crippen LogP contribution in [0.5, 0.6) is 5.75 Å². The van der Waals surface area contributed by atoms with Crippen molar-refractivity contribution >= 4 is 17.3 Å². The normalized spacial score (nSPS) is 15.8. The number of amides is 2. The molecule has 176 valence electrons. The molecule has 0 saturated carbocycles. The molecule has 5 rings (SSSR count). The zero-order chi connectivity index (χ0) is 24.5. The molecule has 0 spiro atoms. The number of aromatic nitrogens is 2. The van der Waals surface area contributed by atoms with Gasteiger partial charge in [0.1, 0.15) is 11.6 Å². The largest absolute Gasteiger partial charge is 0.497 e. The predicted molar refractivity (Wildman–Crippen MR) is 130 cm³/mol. The SMILES string of the molecule is COc1cccc(N2C(=O)NC(c3ccc(C)cc3)C(c3nc(-c4ccc(F)cc4)no3)=C2C)c1. The molecule has 2 heterocycles. The van der Waals surface area contributed by atoms with Gasteiger partial charge < -0.3 is 14.6 Å². The summed E-state index contributed by atoms with van der Waals surface area (Å²) in [4.78, 5) is 19.5. The van der Waals surface area contributed by atoms with Crippen LogP contribution in [0, 0.1) is 12.7 Å². The first-order valence-corrected chi connectivity index (χ1v) is 11.1. The highest BCUT2D eigenvalue weighted by Gasteiger charge is 2.36. The molecule has 1 N–H and O–H groups in total. The standard InChI is InChI=1S/C27H23FN4O3/c1-16-7-9-18(10-8-16)24-23(26-30-25(31-35-26)19-11-13-20(28)14-12-19)17(2)32(27(33)29-24)21-5-4-6-22(15-21)34-3/h4-15,24H,1-3H3,(H,29,33). The van der Waals surface area contributed by atoms with E-state index in [0.717, 1.165) is 11.1 Å². The van der Waals surface area contributed by atoms with Gasteiger partial charge in [0.25, 0.3) is 5.89 Å². The zero-order valence-corrected chi connectivity index (χ0v) is 19.4. The summed E-state index contributed by atoms with van der Waals surface area (Å²) in [7, 11) is 1.58. The van der Waals surface area contributed by atoms with Crippen molar-refractivity contribution in [1.82, 2.24) is 15.5 Å². The number of urea groups is 1. The molecule has 0 bridgehead atoms. The lowest BCUT2D eigenvalue weighted by atomic mass is 9.94. The maximum absolute atomic E-state index is 13.4. The molecule has 0 fully saturated rings. The third-order valence-electron chi connectivity index (χ3n) is 5.97. The minimum Gasteiger partial charge on any atom is -0.497 e. The molecule has 8 heteroatoms. The van der Waals surface area contributed by atoms with E-state index in [-0.39, 0.29) is 17.7 Å². The number of halogens is 1. The Balaban J connectivity index is 1.65. The number of nitrogens with one attached hydrogen (secondary N) is 1. The Morgan fingerprint density at radius 3 is 2.49 bits per heavy atom. The van der Waals surface area contributed by atoms with Gasteiger partial charge in [-0.25, -0.2) is 9.18 Å². The van der Waals surface area contributed by atoms with E-state index in [2.05, 4.69) is 15.5 Å². The average molecular weight is 471 g/mol. The van der Waals surface area contributed by atoms with Gasteiger partial charge in [-0.05, 0) is 55.8 Å². The second-order valence-electron chi connectivity index (χ2n) is 8.26. The van der Waals surface area contributed by atoms with Gasteiger partial charge in [-0.15, -0.1) is 0 Å². The minimum atomic E-state index is -0.508. The number of carbonyl (C=O) groups excluding carboxylic acids is 1. The molecule has 35 heavy (non-hydrogen) atoms. The van der Waals surface area contributed by atoms with Gasteiger partial charge in [0.05, 0.1) is 24.4 Å². The Hall–Kier alpha value is -4.46. The number of hydrogen-bond donors (Lipinski definition) is 1.